The van der Waals surface area contributed by atoms with Crippen LogP contribution >= 0.6 is 0 Å². The molecule has 0 bridgehead atoms. The molecule has 0 spiro atoms. The predicted octanol–water partition coefficient (Wildman–Crippen LogP) is 2.75. The number of hydrogen-bond acceptors (Lipinski definition) is 12. The normalized spacial score (nSPS) is 17.5. The molecule has 382 valence electrons. The van der Waals surface area contributed by atoms with Gasteiger partial charge in [-0.1, -0.05) is 20.8 Å². The van der Waals surface area contributed by atoms with E-state index in [4.69, 9.17) is 5.11 Å². The fourth-order valence-corrected chi connectivity index (χ4v) is 5.32. The van der Waals surface area contributed by atoms with Gasteiger partial charge in [0.2, 0.25) is 0 Å². The first kappa shape index (κ1) is 65.0. The van der Waals surface area contributed by atoms with Crippen molar-refractivity contribution in [2.45, 2.75) is 78.1 Å². The molecule has 2 fully saturated rings. The number of esters is 1. The van der Waals surface area contributed by atoms with Crippen LogP contribution in [0.1, 0.15) is 53.4 Å². The van der Waals surface area contributed by atoms with Crippen molar-refractivity contribution in [3.8, 4) is 0 Å². The summed E-state index contributed by atoms with van der Waals surface area (Å²) in [5.41, 5.74) is 0. The van der Waals surface area contributed by atoms with E-state index >= 15 is 0 Å². The lowest BCUT2D eigenvalue weighted by atomic mass is 10.2. The minimum Gasteiger partial charge on any atom is -0.459 e. The van der Waals surface area contributed by atoms with Crippen LogP contribution in [-0.4, -0.2) is 211 Å². The molecule has 6 N–H and O–H groups in total. The molecule has 0 aromatic carbocycles. The van der Waals surface area contributed by atoms with E-state index in [1.54, 1.807) is 0 Å². The molecule has 2 aliphatic rings. The number of nitrogens with one attached hydrogen (secondary N) is 5. The lowest BCUT2D eigenvalue weighted by molar-refractivity contribution is -0.199. The van der Waals surface area contributed by atoms with Gasteiger partial charge in [-0.05, 0) is 85.0 Å². The quantitative estimate of drug-likeness (QED) is 0.180. The maximum atomic E-state index is 12.8. The van der Waals surface area contributed by atoms with Gasteiger partial charge >= 0.3 is 48.4 Å². The number of carbonyl (C=O) groups is 4. The highest BCUT2D eigenvalue weighted by molar-refractivity contribution is 5.83. The van der Waals surface area contributed by atoms with Crippen LogP contribution in [0.4, 0.5) is 52.7 Å². The number of rotatable bonds is 4. The molecule has 2 saturated heterocycles. The van der Waals surface area contributed by atoms with E-state index in [-0.39, 0.29) is 35.9 Å². The maximum absolute atomic E-state index is 12.8. The lowest BCUT2D eigenvalue weighted by Crippen LogP contribution is -2.50. The zero-order chi connectivity index (χ0) is 49.8. The Morgan fingerprint density at radius 1 is 0.438 bits per heavy atom. The molecule has 0 saturated carbocycles. The summed E-state index contributed by atoms with van der Waals surface area (Å²) >= 11 is 0. The summed E-state index contributed by atoms with van der Waals surface area (Å²) in [5, 5.41) is 23.3. The fourth-order valence-electron chi connectivity index (χ4n) is 5.32. The Balaban J connectivity index is -0.000000944. The van der Waals surface area contributed by atoms with E-state index in [1.807, 2.05) is 0 Å². The first-order chi connectivity index (χ1) is 29.9. The molecule has 3 amide bonds. The molecule has 0 aromatic rings. The summed E-state index contributed by atoms with van der Waals surface area (Å²) in [6.45, 7) is 15.6. The predicted molar refractivity (Wildman–Crippen MR) is 215 cm³/mol. The van der Waals surface area contributed by atoms with Crippen LogP contribution in [0.25, 0.3) is 0 Å². The summed E-state index contributed by atoms with van der Waals surface area (Å²) in [6.07, 6.45) is -18.9. The minimum absolute atomic E-state index is 0.0408. The number of aliphatic hydroxyl groups excluding tert-OH is 1. The van der Waals surface area contributed by atoms with E-state index in [9.17, 15) is 71.9 Å². The first-order valence-corrected chi connectivity index (χ1v) is 20.9. The lowest BCUT2D eigenvalue weighted by Gasteiger charge is -2.30. The highest BCUT2D eigenvalue weighted by atomic mass is 19.4. The summed E-state index contributed by atoms with van der Waals surface area (Å²) < 4.78 is 152. The van der Waals surface area contributed by atoms with Crippen molar-refractivity contribution in [2.24, 2.45) is 0 Å². The number of hydrogen-bond donors (Lipinski definition) is 6. The van der Waals surface area contributed by atoms with Crippen LogP contribution in [0.3, 0.4) is 0 Å². The van der Waals surface area contributed by atoms with E-state index in [1.165, 1.54) is 39.4 Å². The molecule has 2 aliphatic heterocycles. The van der Waals surface area contributed by atoms with Crippen molar-refractivity contribution in [3.05, 3.63) is 0 Å². The van der Waals surface area contributed by atoms with Gasteiger partial charge in [-0.2, -0.15) is 52.7 Å². The molecule has 0 unspecified atom stereocenters. The van der Waals surface area contributed by atoms with Crippen molar-refractivity contribution in [2.75, 3.05) is 138 Å². The maximum Gasteiger partial charge on any atom is 0.490 e. The highest BCUT2D eigenvalue weighted by Crippen LogP contribution is 2.22. The second-order valence-electron chi connectivity index (χ2n) is 13.4. The van der Waals surface area contributed by atoms with Gasteiger partial charge < -0.3 is 56.0 Å². The molecule has 0 aromatic heterocycles. The van der Waals surface area contributed by atoms with Gasteiger partial charge in [0.25, 0.3) is 0 Å². The SMILES string of the molecule is C1CNCCNCCCNCCNC1.CCN(CC)CC.CCOC(=O)C(F)(F)F.CO.O=C(N1CCCN(C(=O)C(F)(F)F)CCN(C(=O)C(F)(F)F)CCCNCC1)C(F)(F)F. The Morgan fingerprint density at radius 3 is 1.00 bits per heavy atom. The Labute approximate surface area is 367 Å². The fraction of sp³-hybridized carbons (Fsp3) is 0.892. The Bertz CT molecular complexity index is 1160. The Kier molecular flexibility index (Phi) is 37.5. The van der Waals surface area contributed by atoms with E-state index in [0.717, 1.165) is 59.5 Å². The van der Waals surface area contributed by atoms with Crippen LogP contribution in [-0.2, 0) is 23.9 Å². The van der Waals surface area contributed by atoms with Crippen molar-refractivity contribution >= 4 is 23.7 Å². The van der Waals surface area contributed by atoms with Gasteiger partial charge in [-0.15, -0.1) is 0 Å². The minimum atomic E-state index is -5.39. The number of ether oxygens (including phenoxy) is 1. The topological polar surface area (TPSA) is 171 Å². The Morgan fingerprint density at radius 2 is 0.734 bits per heavy atom. The van der Waals surface area contributed by atoms with E-state index < -0.39 is 94.1 Å². The second kappa shape index (κ2) is 36.9. The van der Waals surface area contributed by atoms with Gasteiger partial charge in [0.1, 0.15) is 0 Å². The molecule has 2 heterocycles. The van der Waals surface area contributed by atoms with E-state index in [2.05, 4.69) is 57.0 Å². The van der Waals surface area contributed by atoms with Gasteiger partial charge in [0, 0.05) is 79.1 Å². The third-order valence-corrected chi connectivity index (χ3v) is 8.64. The molecule has 0 aliphatic carbocycles. The monoisotopic (exact) mass is 964 g/mol. The second-order valence-corrected chi connectivity index (χ2v) is 13.4. The molecule has 0 atom stereocenters. The van der Waals surface area contributed by atoms with Crippen molar-refractivity contribution in [3.63, 3.8) is 0 Å². The van der Waals surface area contributed by atoms with Crippen molar-refractivity contribution in [1.29, 1.82) is 0 Å². The first-order valence-electron chi connectivity index (χ1n) is 20.9. The van der Waals surface area contributed by atoms with E-state index in [0.29, 0.717) is 4.90 Å². The molecule has 64 heavy (non-hydrogen) atoms. The number of alkyl halides is 12. The number of nitrogens with zero attached hydrogens (tertiary/aromatic N) is 4. The molecule has 15 nitrogen and oxygen atoms in total. The summed E-state index contributed by atoms with van der Waals surface area (Å²) in [5.74, 6) is -9.04. The van der Waals surface area contributed by atoms with Gasteiger partial charge in [-0.25, -0.2) is 4.79 Å². The van der Waals surface area contributed by atoms with Crippen LogP contribution in [0.5, 0.6) is 0 Å². The van der Waals surface area contributed by atoms with Crippen LogP contribution < -0.4 is 26.6 Å². The smallest absolute Gasteiger partial charge is 0.459 e. The zero-order valence-corrected chi connectivity index (χ0v) is 37.3. The average molecular weight is 964 g/mol. The molecule has 0 radical (unpaired) electrons. The average Bonchev–Trinajstić information content (AvgIpc) is 3.22. The number of halogens is 12. The molecule has 2 rings (SSSR count). The van der Waals surface area contributed by atoms with Crippen LogP contribution in [0, 0.1) is 0 Å². The zero-order valence-electron chi connectivity index (χ0n) is 37.3. The number of amides is 3. The molecular weight excluding hydrogens is 894 g/mol. The van der Waals surface area contributed by atoms with Crippen LogP contribution in [0.2, 0.25) is 0 Å². The van der Waals surface area contributed by atoms with Gasteiger partial charge in [-0.3, -0.25) is 14.4 Å². The summed E-state index contributed by atoms with van der Waals surface area (Å²) in [7, 11) is 1.00. The molecular formula is C37H69F12N9O6. The van der Waals surface area contributed by atoms with Crippen LogP contribution in [0.15, 0.2) is 0 Å². The Hall–Kier alpha value is -3.24. The van der Waals surface area contributed by atoms with Gasteiger partial charge in [0.15, 0.2) is 0 Å². The van der Waals surface area contributed by atoms with Crippen molar-refractivity contribution in [1.82, 2.24) is 46.2 Å². The largest absolute Gasteiger partial charge is 0.490 e. The molecule has 27 heteroatoms. The summed E-state index contributed by atoms with van der Waals surface area (Å²) in [4.78, 5) is 47.5. The number of aliphatic hydroxyl groups is 1. The third kappa shape index (κ3) is 34.2. The van der Waals surface area contributed by atoms with Gasteiger partial charge in [0.05, 0.1) is 6.61 Å². The standard InChI is InChI=1S/C16H21F9N4O3.C10H24N4.C6H15N.C4H5F3O2.CH4O/c17-14(18,19)11(30)27-6-2-7-29(13(32)16(23,24)25)10-9-28(12(31)15(20,21)22)5-1-3-26-4-8-27;1-3-11-7-9-13-5-2-6-14-10-8-12-4-1;1-4-7(5-2)6-3;1-2-9-3(8)4(5,6)7;1-2/h26H,1-10H2;11-14H,1-10H2;4-6H2,1-3H3;2H2,1H3;2H,1H3. The third-order valence-electron chi connectivity index (χ3n) is 8.64. The highest BCUT2D eigenvalue weighted by Gasteiger charge is 2.45. The number of carbonyl (C=O) groups excluding carboxylic acids is 4. The van der Waals surface area contributed by atoms with Crippen molar-refractivity contribution < 1.29 is 81.7 Å². The summed E-state index contributed by atoms with van der Waals surface area (Å²) in [6, 6.07) is 0.